The maximum atomic E-state index is 12.4. The van der Waals surface area contributed by atoms with Crippen LogP contribution < -0.4 is 15.4 Å². The number of carbonyl (C=O) groups excluding carboxylic acids is 1. The Kier molecular flexibility index (Phi) is 7.36. The van der Waals surface area contributed by atoms with E-state index >= 15 is 0 Å². The van der Waals surface area contributed by atoms with Gasteiger partial charge in [-0.1, -0.05) is 41.4 Å². The third-order valence-electron chi connectivity index (χ3n) is 4.96. The van der Waals surface area contributed by atoms with Crippen LogP contribution in [0.2, 0.25) is 10.0 Å². The molecule has 1 aromatic heterocycles. The molecule has 0 saturated heterocycles. The van der Waals surface area contributed by atoms with E-state index in [9.17, 15) is 4.79 Å². The van der Waals surface area contributed by atoms with E-state index in [0.29, 0.717) is 28.1 Å². The lowest BCUT2D eigenvalue weighted by molar-refractivity contribution is -0.125. The number of benzene rings is 3. The summed E-state index contributed by atoms with van der Waals surface area (Å²) in [5, 5.41) is 6.56. The monoisotopic (exact) mass is 513 g/mol. The zero-order chi connectivity index (χ0) is 24.2. The SMILES string of the molecule is Cc1ccc2oc(Cc3ccc(NC(=S)NC(=O)C(C)Oc4ccc(Cl)cc4Cl)cc3)nc2c1. The molecule has 174 valence electrons. The highest BCUT2D eigenvalue weighted by atomic mass is 35.5. The summed E-state index contributed by atoms with van der Waals surface area (Å²) in [7, 11) is 0. The Morgan fingerprint density at radius 3 is 2.62 bits per heavy atom. The fourth-order valence-electron chi connectivity index (χ4n) is 3.23. The summed E-state index contributed by atoms with van der Waals surface area (Å²) in [6.45, 7) is 3.63. The van der Waals surface area contributed by atoms with Crippen molar-refractivity contribution in [2.45, 2.75) is 26.4 Å². The summed E-state index contributed by atoms with van der Waals surface area (Å²) in [6.07, 6.45) is -0.252. The van der Waals surface area contributed by atoms with Crippen LogP contribution in [0.5, 0.6) is 5.75 Å². The number of aryl methyl sites for hydroxylation is 1. The predicted octanol–water partition coefficient (Wildman–Crippen LogP) is 6.31. The second-order valence-electron chi connectivity index (χ2n) is 7.73. The van der Waals surface area contributed by atoms with E-state index in [1.807, 2.05) is 49.4 Å². The topological polar surface area (TPSA) is 76.4 Å². The van der Waals surface area contributed by atoms with Crippen molar-refractivity contribution in [2.75, 3.05) is 5.32 Å². The Labute approximate surface area is 212 Å². The van der Waals surface area contributed by atoms with Gasteiger partial charge in [0.05, 0.1) is 5.02 Å². The largest absolute Gasteiger partial charge is 0.479 e. The summed E-state index contributed by atoms with van der Waals surface area (Å²) in [4.78, 5) is 17.0. The molecule has 1 unspecified atom stereocenters. The van der Waals surface area contributed by atoms with Crippen molar-refractivity contribution >= 4 is 63.2 Å². The van der Waals surface area contributed by atoms with Gasteiger partial charge >= 0.3 is 0 Å². The van der Waals surface area contributed by atoms with Gasteiger partial charge in [0.1, 0.15) is 11.3 Å². The van der Waals surface area contributed by atoms with Crippen LogP contribution in [0.15, 0.2) is 65.1 Å². The smallest absolute Gasteiger partial charge is 0.266 e. The van der Waals surface area contributed by atoms with Crippen LogP contribution in [-0.4, -0.2) is 22.1 Å². The zero-order valence-electron chi connectivity index (χ0n) is 18.4. The van der Waals surface area contributed by atoms with Crippen LogP contribution in [0.4, 0.5) is 5.69 Å². The van der Waals surface area contributed by atoms with Gasteiger partial charge < -0.3 is 14.5 Å². The van der Waals surface area contributed by atoms with Gasteiger partial charge in [0.2, 0.25) is 0 Å². The van der Waals surface area contributed by atoms with Crippen molar-refractivity contribution in [1.82, 2.24) is 10.3 Å². The number of carbonyl (C=O) groups is 1. The van der Waals surface area contributed by atoms with Gasteiger partial charge in [0, 0.05) is 17.1 Å². The highest BCUT2D eigenvalue weighted by Crippen LogP contribution is 2.28. The molecule has 34 heavy (non-hydrogen) atoms. The molecule has 0 bridgehead atoms. The molecule has 2 N–H and O–H groups in total. The van der Waals surface area contributed by atoms with Crippen LogP contribution in [0, 0.1) is 6.92 Å². The maximum absolute atomic E-state index is 12.4. The molecule has 3 aromatic carbocycles. The highest BCUT2D eigenvalue weighted by molar-refractivity contribution is 7.80. The predicted molar refractivity (Wildman–Crippen MR) is 139 cm³/mol. The molecule has 0 saturated carbocycles. The molecule has 0 fully saturated rings. The molecule has 0 radical (unpaired) electrons. The summed E-state index contributed by atoms with van der Waals surface area (Å²) in [5.74, 6) is 0.600. The molecule has 1 atom stereocenters. The fraction of sp³-hybridized carbons (Fsp3) is 0.160. The van der Waals surface area contributed by atoms with E-state index in [4.69, 9.17) is 44.6 Å². The van der Waals surface area contributed by atoms with Gasteiger partial charge in [-0.25, -0.2) is 4.98 Å². The minimum atomic E-state index is -0.819. The number of halogens is 2. The van der Waals surface area contributed by atoms with Gasteiger partial charge in [0.15, 0.2) is 22.7 Å². The van der Waals surface area contributed by atoms with E-state index < -0.39 is 12.0 Å². The third-order valence-corrected chi connectivity index (χ3v) is 5.69. The lowest BCUT2D eigenvalue weighted by Crippen LogP contribution is -2.42. The van der Waals surface area contributed by atoms with Crippen molar-refractivity contribution < 1.29 is 13.9 Å². The minimum Gasteiger partial charge on any atom is -0.479 e. The maximum Gasteiger partial charge on any atom is 0.266 e. The third kappa shape index (κ3) is 6.05. The van der Waals surface area contributed by atoms with E-state index in [-0.39, 0.29) is 5.11 Å². The highest BCUT2D eigenvalue weighted by Gasteiger charge is 2.17. The molecule has 0 aliphatic heterocycles. The molecule has 0 aliphatic rings. The van der Waals surface area contributed by atoms with E-state index in [2.05, 4.69) is 15.6 Å². The van der Waals surface area contributed by atoms with Gasteiger partial charge in [-0.2, -0.15) is 0 Å². The summed E-state index contributed by atoms with van der Waals surface area (Å²) < 4.78 is 11.4. The Morgan fingerprint density at radius 2 is 1.88 bits per heavy atom. The number of fused-ring (bicyclic) bond motifs is 1. The van der Waals surface area contributed by atoms with Crippen LogP contribution in [-0.2, 0) is 11.2 Å². The zero-order valence-corrected chi connectivity index (χ0v) is 20.7. The molecule has 0 aliphatic carbocycles. The standard InChI is InChI=1S/C25H21Cl2N3O3S/c1-14-3-9-22-20(11-14)29-23(33-22)12-16-4-7-18(8-5-16)28-25(34)30-24(31)15(2)32-21-10-6-17(26)13-19(21)27/h3-11,13,15H,12H2,1-2H3,(H2,28,30,31,34). The van der Waals surface area contributed by atoms with Crippen molar-refractivity contribution in [1.29, 1.82) is 0 Å². The molecule has 4 aromatic rings. The van der Waals surface area contributed by atoms with Gasteiger partial charge in [-0.15, -0.1) is 0 Å². The fourth-order valence-corrected chi connectivity index (χ4v) is 3.90. The first-order valence-corrected chi connectivity index (χ1v) is 11.6. The second kappa shape index (κ2) is 10.4. The number of aromatic nitrogens is 1. The lowest BCUT2D eigenvalue weighted by Gasteiger charge is -2.16. The summed E-state index contributed by atoms with van der Waals surface area (Å²) >= 11 is 17.2. The molecular formula is C25H21Cl2N3O3S. The number of oxazole rings is 1. The Hall–Kier alpha value is -3.13. The normalized spacial score (nSPS) is 11.8. The van der Waals surface area contributed by atoms with Crippen LogP contribution in [0.25, 0.3) is 11.1 Å². The average Bonchev–Trinajstić information content (AvgIpc) is 3.18. The van der Waals surface area contributed by atoms with Crippen molar-refractivity contribution in [2.24, 2.45) is 0 Å². The number of hydrogen-bond donors (Lipinski definition) is 2. The van der Waals surface area contributed by atoms with Crippen molar-refractivity contribution in [3.8, 4) is 5.75 Å². The quantitative estimate of drug-likeness (QED) is 0.294. The number of anilines is 1. The number of nitrogens with zero attached hydrogens (tertiary/aromatic N) is 1. The molecular weight excluding hydrogens is 493 g/mol. The second-order valence-corrected chi connectivity index (χ2v) is 8.98. The lowest BCUT2D eigenvalue weighted by atomic mass is 10.1. The van der Waals surface area contributed by atoms with E-state index in [0.717, 1.165) is 27.9 Å². The number of ether oxygens (including phenoxy) is 1. The van der Waals surface area contributed by atoms with Crippen molar-refractivity contribution in [3.05, 3.63) is 87.7 Å². The summed E-state index contributed by atoms with van der Waals surface area (Å²) in [5.41, 5.74) is 4.53. The molecule has 4 rings (SSSR count). The molecule has 6 nitrogen and oxygen atoms in total. The molecule has 0 spiro atoms. The number of thiocarbonyl (C=S) groups is 1. The van der Waals surface area contributed by atoms with Crippen molar-refractivity contribution in [3.63, 3.8) is 0 Å². The molecule has 9 heteroatoms. The Balaban J connectivity index is 1.30. The molecule has 1 heterocycles. The minimum absolute atomic E-state index is 0.157. The first-order valence-electron chi connectivity index (χ1n) is 10.5. The average molecular weight is 514 g/mol. The molecule has 1 amide bonds. The van der Waals surface area contributed by atoms with Gasteiger partial charge in [0.25, 0.3) is 5.91 Å². The van der Waals surface area contributed by atoms with Crippen LogP contribution in [0.3, 0.4) is 0 Å². The van der Waals surface area contributed by atoms with Gasteiger partial charge in [-0.05, 0) is 79.7 Å². The van der Waals surface area contributed by atoms with E-state index in [1.54, 1.807) is 25.1 Å². The number of rotatable bonds is 6. The van der Waals surface area contributed by atoms with Gasteiger partial charge in [-0.3, -0.25) is 10.1 Å². The first-order chi connectivity index (χ1) is 16.3. The first kappa shape index (κ1) is 24.0. The number of amides is 1. The Bertz CT molecular complexity index is 1360. The van der Waals surface area contributed by atoms with E-state index in [1.165, 1.54) is 0 Å². The van der Waals surface area contributed by atoms with Crippen LogP contribution in [0.1, 0.15) is 23.9 Å². The van der Waals surface area contributed by atoms with Crippen LogP contribution >= 0.6 is 35.4 Å². The number of nitrogens with one attached hydrogen (secondary N) is 2. The summed E-state index contributed by atoms with van der Waals surface area (Å²) in [6, 6.07) is 18.3. The number of hydrogen-bond acceptors (Lipinski definition) is 5. The Morgan fingerprint density at radius 1 is 1.12 bits per heavy atom.